The molecule has 1 aromatic carbocycles. The molecule has 7 heteroatoms. The summed E-state index contributed by atoms with van der Waals surface area (Å²) in [4.78, 5) is 11.6. The van der Waals surface area contributed by atoms with Crippen molar-refractivity contribution < 1.29 is 13.2 Å². The van der Waals surface area contributed by atoms with E-state index in [2.05, 4.69) is 26.0 Å². The van der Waals surface area contributed by atoms with Crippen LogP contribution in [0.3, 0.4) is 0 Å². The van der Waals surface area contributed by atoms with Gasteiger partial charge in [-0.15, -0.1) is 0 Å². The maximum absolute atomic E-state index is 12.0. The van der Waals surface area contributed by atoms with Crippen molar-refractivity contribution in [1.82, 2.24) is 10.0 Å². The second kappa shape index (κ2) is 7.75. The monoisotopic (exact) mass is 362 g/mol. The first-order valence-corrected chi connectivity index (χ1v) is 8.89. The van der Waals surface area contributed by atoms with E-state index < -0.39 is 10.0 Å². The van der Waals surface area contributed by atoms with Gasteiger partial charge in [-0.3, -0.25) is 4.79 Å². The summed E-state index contributed by atoms with van der Waals surface area (Å²) in [6, 6.07) is 6.64. The second-order valence-corrected chi connectivity index (χ2v) is 6.98. The van der Waals surface area contributed by atoms with E-state index >= 15 is 0 Å². The number of hydrogen-bond donors (Lipinski definition) is 2. The van der Waals surface area contributed by atoms with Gasteiger partial charge in [-0.05, 0) is 31.5 Å². The van der Waals surface area contributed by atoms with E-state index in [1.807, 2.05) is 13.8 Å². The van der Waals surface area contributed by atoms with E-state index in [0.717, 1.165) is 5.56 Å². The molecule has 0 unspecified atom stereocenters. The van der Waals surface area contributed by atoms with Crippen molar-refractivity contribution in [3.63, 3.8) is 0 Å². The zero-order valence-electron chi connectivity index (χ0n) is 11.5. The number of amides is 1. The SMILES string of the molecule is CC(C)NC(=O)CCNS(=O)(=O)c1ccc(CBr)cc1. The lowest BCUT2D eigenvalue weighted by atomic mass is 10.2. The van der Waals surface area contributed by atoms with Crippen molar-refractivity contribution >= 4 is 31.9 Å². The van der Waals surface area contributed by atoms with Crippen LogP contribution >= 0.6 is 15.9 Å². The number of sulfonamides is 1. The Balaban J connectivity index is 2.55. The van der Waals surface area contributed by atoms with Gasteiger partial charge in [0.15, 0.2) is 0 Å². The summed E-state index contributed by atoms with van der Waals surface area (Å²) in [5, 5.41) is 3.38. The van der Waals surface area contributed by atoms with Crippen LogP contribution < -0.4 is 10.0 Å². The molecule has 1 rings (SSSR count). The Morgan fingerprint density at radius 3 is 2.35 bits per heavy atom. The highest BCUT2D eigenvalue weighted by molar-refractivity contribution is 9.08. The topological polar surface area (TPSA) is 75.3 Å². The quantitative estimate of drug-likeness (QED) is 0.725. The predicted octanol–water partition coefficient (Wildman–Crippen LogP) is 1.77. The van der Waals surface area contributed by atoms with Gasteiger partial charge in [-0.1, -0.05) is 28.1 Å². The minimum Gasteiger partial charge on any atom is -0.354 e. The maximum Gasteiger partial charge on any atom is 0.240 e. The van der Waals surface area contributed by atoms with Crippen molar-refractivity contribution in [3.8, 4) is 0 Å². The summed E-state index contributed by atoms with van der Waals surface area (Å²) in [5.41, 5.74) is 1.00. The summed E-state index contributed by atoms with van der Waals surface area (Å²) in [7, 11) is -3.55. The lowest BCUT2D eigenvalue weighted by Gasteiger charge is -2.09. The zero-order valence-corrected chi connectivity index (χ0v) is 13.9. The van der Waals surface area contributed by atoms with E-state index in [1.54, 1.807) is 24.3 Å². The van der Waals surface area contributed by atoms with E-state index in [0.29, 0.717) is 5.33 Å². The minimum atomic E-state index is -3.55. The Labute approximate surface area is 128 Å². The number of nitrogens with one attached hydrogen (secondary N) is 2. The van der Waals surface area contributed by atoms with E-state index in [4.69, 9.17) is 0 Å². The third-order valence-electron chi connectivity index (χ3n) is 2.48. The highest BCUT2D eigenvalue weighted by atomic mass is 79.9. The lowest BCUT2D eigenvalue weighted by Crippen LogP contribution is -2.34. The fourth-order valence-electron chi connectivity index (χ4n) is 1.53. The predicted molar refractivity (Wildman–Crippen MR) is 82.2 cm³/mol. The molecule has 0 aliphatic heterocycles. The molecule has 2 N–H and O–H groups in total. The zero-order chi connectivity index (χ0) is 15.2. The van der Waals surface area contributed by atoms with Crippen molar-refractivity contribution in [3.05, 3.63) is 29.8 Å². The van der Waals surface area contributed by atoms with Crippen molar-refractivity contribution in [2.45, 2.75) is 36.5 Å². The Morgan fingerprint density at radius 2 is 1.85 bits per heavy atom. The molecular formula is C13H19BrN2O3S. The third kappa shape index (κ3) is 5.60. The first kappa shape index (κ1) is 17.1. The van der Waals surface area contributed by atoms with Crippen LogP contribution in [0, 0.1) is 0 Å². The average Bonchev–Trinajstić information content (AvgIpc) is 2.37. The van der Waals surface area contributed by atoms with Gasteiger partial charge in [0.25, 0.3) is 0 Å². The van der Waals surface area contributed by atoms with Gasteiger partial charge in [0.1, 0.15) is 0 Å². The fourth-order valence-corrected chi connectivity index (χ4v) is 2.94. The summed E-state index contributed by atoms with van der Waals surface area (Å²) in [5.74, 6) is -0.169. The molecule has 0 fully saturated rings. The van der Waals surface area contributed by atoms with Crippen molar-refractivity contribution in [1.29, 1.82) is 0 Å². The average molecular weight is 363 g/mol. The van der Waals surface area contributed by atoms with Gasteiger partial charge in [0.05, 0.1) is 4.90 Å². The molecule has 0 saturated heterocycles. The lowest BCUT2D eigenvalue weighted by molar-refractivity contribution is -0.121. The smallest absolute Gasteiger partial charge is 0.240 e. The first-order valence-electron chi connectivity index (χ1n) is 6.29. The largest absolute Gasteiger partial charge is 0.354 e. The molecule has 1 amide bonds. The van der Waals surface area contributed by atoms with E-state index in [1.165, 1.54) is 0 Å². The Bertz CT molecular complexity index is 541. The first-order chi connectivity index (χ1) is 9.35. The van der Waals surface area contributed by atoms with Gasteiger partial charge < -0.3 is 5.32 Å². The van der Waals surface area contributed by atoms with Crippen molar-refractivity contribution in [2.75, 3.05) is 6.54 Å². The van der Waals surface area contributed by atoms with E-state index in [-0.39, 0.29) is 29.8 Å². The Kier molecular flexibility index (Phi) is 6.64. The molecule has 0 spiro atoms. The Morgan fingerprint density at radius 1 is 1.25 bits per heavy atom. The molecule has 0 aliphatic carbocycles. The number of carbonyl (C=O) groups is 1. The number of halogens is 1. The number of rotatable bonds is 7. The summed E-state index contributed by atoms with van der Waals surface area (Å²) in [6.07, 6.45) is 0.122. The molecule has 0 saturated carbocycles. The molecule has 0 radical (unpaired) electrons. The van der Waals surface area contributed by atoms with Crippen LogP contribution in [0.15, 0.2) is 29.2 Å². The summed E-state index contributed by atoms with van der Waals surface area (Å²) < 4.78 is 26.4. The van der Waals surface area contributed by atoms with Crippen LogP contribution in [0.4, 0.5) is 0 Å². The summed E-state index contributed by atoms with van der Waals surface area (Å²) >= 11 is 3.30. The molecule has 112 valence electrons. The number of benzene rings is 1. The molecular weight excluding hydrogens is 344 g/mol. The van der Waals surface area contributed by atoms with Crippen LogP contribution in [0.1, 0.15) is 25.8 Å². The molecule has 0 aromatic heterocycles. The molecule has 0 atom stereocenters. The molecule has 20 heavy (non-hydrogen) atoms. The van der Waals surface area contributed by atoms with E-state index in [9.17, 15) is 13.2 Å². The van der Waals surface area contributed by atoms with Crippen LogP contribution in [0.2, 0.25) is 0 Å². The fraction of sp³-hybridized carbons (Fsp3) is 0.462. The molecule has 1 aromatic rings. The number of carbonyl (C=O) groups excluding carboxylic acids is 1. The standard InChI is InChI=1S/C13H19BrN2O3S/c1-10(2)16-13(17)7-8-15-20(18,19)12-5-3-11(9-14)4-6-12/h3-6,10,15H,7-9H2,1-2H3,(H,16,17). The number of hydrogen-bond acceptors (Lipinski definition) is 3. The molecule has 0 heterocycles. The van der Waals surface area contributed by atoms with Crippen LogP contribution in [-0.4, -0.2) is 26.9 Å². The van der Waals surface area contributed by atoms with Gasteiger partial charge in [-0.25, -0.2) is 13.1 Å². The normalized spacial score (nSPS) is 11.6. The summed E-state index contributed by atoms with van der Waals surface area (Å²) in [6.45, 7) is 3.79. The number of alkyl halides is 1. The van der Waals surface area contributed by atoms with Gasteiger partial charge >= 0.3 is 0 Å². The minimum absolute atomic E-state index is 0.0518. The maximum atomic E-state index is 12.0. The molecule has 0 aliphatic rings. The third-order valence-corrected chi connectivity index (χ3v) is 4.61. The molecule has 5 nitrogen and oxygen atoms in total. The molecule has 0 bridgehead atoms. The van der Waals surface area contributed by atoms with Gasteiger partial charge in [0.2, 0.25) is 15.9 Å². The Hall–Kier alpha value is -0.920. The highest BCUT2D eigenvalue weighted by Crippen LogP contribution is 2.12. The van der Waals surface area contributed by atoms with Crippen LogP contribution in [0.25, 0.3) is 0 Å². The highest BCUT2D eigenvalue weighted by Gasteiger charge is 2.14. The van der Waals surface area contributed by atoms with Gasteiger partial charge in [-0.2, -0.15) is 0 Å². The van der Waals surface area contributed by atoms with Crippen LogP contribution in [0.5, 0.6) is 0 Å². The van der Waals surface area contributed by atoms with Gasteiger partial charge in [0, 0.05) is 24.3 Å². The van der Waals surface area contributed by atoms with Crippen molar-refractivity contribution in [2.24, 2.45) is 0 Å². The van der Waals surface area contributed by atoms with Crippen LogP contribution in [-0.2, 0) is 20.1 Å². The second-order valence-electron chi connectivity index (χ2n) is 4.65.